The first-order valence-electron chi connectivity index (χ1n) is 8.67. The highest BCUT2D eigenvalue weighted by atomic mass is 16.3. The largest absolute Gasteiger partial charge is 0.393 e. The van der Waals surface area contributed by atoms with Crippen molar-refractivity contribution in [2.45, 2.75) is 76.9 Å². The first-order chi connectivity index (χ1) is 9.68. The van der Waals surface area contributed by atoms with Gasteiger partial charge in [0.05, 0.1) is 6.10 Å². The second-order valence-electron chi connectivity index (χ2n) is 7.26. The van der Waals surface area contributed by atoms with Crippen LogP contribution in [0.3, 0.4) is 0 Å². The third-order valence-electron chi connectivity index (χ3n) is 5.72. The van der Waals surface area contributed by atoms with Crippen molar-refractivity contribution in [3.63, 3.8) is 0 Å². The topological polar surface area (TPSA) is 40.5 Å². The average molecular weight is 279 g/mol. The van der Waals surface area contributed by atoms with Crippen molar-refractivity contribution in [2.24, 2.45) is 17.8 Å². The van der Waals surface area contributed by atoms with Crippen LogP contribution in [0.15, 0.2) is 0 Å². The molecule has 20 heavy (non-hydrogen) atoms. The number of likely N-dealkylation sites (tertiary alicyclic amines) is 1. The van der Waals surface area contributed by atoms with Gasteiger partial charge in [0.1, 0.15) is 0 Å². The molecule has 1 amide bonds. The molecule has 0 spiro atoms. The van der Waals surface area contributed by atoms with Crippen LogP contribution >= 0.6 is 0 Å². The van der Waals surface area contributed by atoms with E-state index < -0.39 is 0 Å². The molecule has 4 atom stereocenters. The molecule has 3 heteroatoms. The summed E-state index contributed by atoms with van der Waals surface area (Å²) in [6, 6.07) is 0.285. The fourth-order valence-electron chi connectivity index (χ4n) is 4.66. The van der Waals surface area contributed by atoms with Crippen LogP contribution in [0.2, 0.25) is 0 Å². The summed E-state index contributed by atoms with van der Waals surface area (Å²) >= 11 is 0. The van der Waals surface area contributed by atoms with Crippen LogP contribution in [0, 0.1) is 17.8 Å². The molecule has 1 saturated heterocycles. The van der Waals surface area contributed by atoms with Crippen molar-refractivity contribution in [2.75, 3.05) is 6.54 Å². The fraction of sp³-hybridized carbons (Fsp3) is 0.941. The number of fused-ring (bicyclic) bond motifs is 1. The summed E-state index contributed by atoms with van der Waals surface area (Å²) in [6.07, 6.45) is 10.3. The molecule has 1 aliphatic heterocycles. The Balaban J connectivity index is 1.67. The van der Waals surface area contributed by atoms with E-state index in [1.807, 2.05) is 6.92 Å². The Labute approximate surface area is 122 Å². The van der Waals surface area contributed by atoms with Crippen LogP contribution in [-0.2, 0) is 4.79 Å². The second kappa shape index (κ2) is 6.05. The highest BCUT2D eigenvalue weighted by molar-refractivity contribution is 5.82. The van der Waals surface area contributed by atoms with E-state index in [-0.39, 0.29) is 12.1 Å². The van der Waals surface area contributed by atoms with Crippen molar-refractivity contribution >= 4 is 5.91 Å². The fourth-order valence-corrected chi connectivity index (χ4v) is 4.66. The van der Waals surface area contributed by atoms with Crippen molar-refractivity contribution in [1.29, 1.82) is 0 Å². The minimum Gasteiger partial charge on any atom is -0.393 e. The molecule has 3 rings (SSSR count). The van der Waals surface area contributed by atoms with Gasteiger partial charge in [0.15, 0.2) is 0 Å². The van der Waals surface area contributed by atoms with Crippen molar-refractivity contribution < 1.29 is 9.90 Å². The summed E-state index contributed by atoms with van der Waals surface area (Å²) < 4.78 is 0. The molecule has 0 aromatic carbocycles. The maximum atomic E-state index is 12.9. The lowest BCUT2D eigenvalue weighted by molar-refractivity contribution is -0.136. The Hall–Kier alpha value is -0.570. The first-order valence-corrected chi connectivity index (χ1v) is 8.67. The Morgan fingerprint density at radius 3 is 2.40 bits per heavy atom. The van der Waals surface area contributed by atoms with Crippen LogP contribution in [-0.4, -0.2) is 34.6 Å². The van der Waals surface area contributed by atoms with Gasteiger partial charge in [-0.2, -0.15) is 0 Å². The third-order valence-corrected chi connectivity index (χ3v) is 5.72. The van der Waals surface area contributed by atoms with Gasteiger partial charge in [0, 0.05) is 18.5 Å². The maximum Gasteiger partial charge on any atom is 0.226 e. The Morgan fingerprint density at radius 1 is 1.10 bits per heavy atom. The third kappa shape index (κ3) is 2.88. The zero-order chi connectivity index (χ0) is 14.1. The summed E-state index contributed by atoms with van der Waals surface area (Å²) in [7, 11) is 0. The minimum atomic E-state index is -0.296. The van der Waals surface area contributed by atoms with Gasteiger partial charge < -0.3 is 10.0 Å². The van der Waals surface area contributed by atoms with Crippen LogP contribution in [0.25, 0.3) is 0 Å². The quantitative estimate of drug-likeness (QED) is 0.863. The van der Waals surface area contributed by atoms with E-state index in [2.05, 4.69) is 4.90 Å². The monoisotopic (exact) mass is 279 g/mol. The molecule has 0 aromatic heterocycles. The number of aliphatic hydroxyl groups excluding tert-OH is 1. The summed E-state index contributed by atoms with van der Waals surface area (Å²) in [5.74, 6) is 2.17. The van der Waals surface area contributed by atoms with Gasteiger partial charge in [-0.1, -0.05) is 25.7 Å². The van der Waals surface area contributed by atoms with Gasteiger partial charge in [-0.25, -0.2) is 0 Å². The first kappa shape index (κ1) is 14.4. The van der Waals surface area contributed by atoms with Crippen molar-refractivity contribution in [3.05, 3.63) is 0 Å². The number of hydrogen-bond donors (Lipinski definition) is 1. The summed E-state index contributed by atoms with van der Waals surface area (Å²) in [6.45, 7) is 2.77. The van der Waals surface area contributed by atoms with Gasteiger partial charge in [-0.15, -0.1) is 0 Å². The van der Waals surface area contributed by atoms with Crippen LogP contribution in [0.4, 0.5) is 0 Å². The molecule has 0 bridgehead atoms. The molecule has 3 fully saturated rings. The van der Waals surface area contributed by atoms with Gasteiger partial charge in [-0.3, -0.25) is 4.79 Å². The molecule has 3 nitrogen and oxygen atoms in total. The average Bonchev–Trinajstić information content (AvgIpc) is 3.17. The highest BCUT2D eigenvalue weighted by Gasteiger charge is 2.56. The zero-order valence-corrected chi connectivity index (χ0v) is 12.8. The molecule has 2 aliphatic carbocycles. The van der Waals surface area contributed by atoms with E-state index in [1.54, 1.807) is 0 Å². The minimum absolute atomic E-state index is 0.285. The van der Waals surface area contributed by atoms with Gasteiger partial charge in [0.25, 0.3) is 0 Å². The van der Waals surface area contributed by atoms with Gasteiger partial charge in [-0.05, 0) is 50.9 Å². The number of rotatable bonds is 3. The SMILES string of the molecule is CC(O)CC1CCCCCN1C(=O)C1C2CCCCC21. The molecule has 1 N–H and O–H groups in total. The standard InChI is InChI=1S/C17H29NO2/c1-12(19)11-13-7-3-2-6-10-18(13)17(20)16-14-8-4-5-9-15(14)16/h12-16,19H,2-11H2,1H3. The van der Waals surface area contributed by atoms with Crippen LogP contribution in [0.1, 0.15) is 64.7 Å². The summed E-state index contributed by atoms with van der Waals surface area (Å²) in [5.41, 5.74) is 0. The zero-order valence-electron chi connectivity index (χ0n) is 12.8. The van der Waals surface area contributed by atoms with E-state index in [0.29, 0.717) is 23.7 Å². The number of carbonyl (C=O) groups is 1. The van der Waals surface area contributed by atoms with Crippen LogP contribution < -0.4 is 0 Å². The smallest absolute Gasteiger partial charge is 0.226 e. The predicted octanol–water partition coefficient (Wildman–Crippen LogP) is 2.96. The lowest BCUT2D eigenvalue weighted by Gasteiger charge is -2.31. The lowest BCUT2D eigenvalue weighted by atomic mass is 10.0. The molecule has 114 valence electrons. The van der Waals surface area contributed by atoms with E-state index in [4.69, 9.17) is 0 Å². The molecule has 0 aromatic rings. The molecule has 4 unspecified atom stereocenters. The van der Waals surface area contributed by atoms with E-state index in [0.717, 1.165) is 25.8 Å². The number of hydrogen-bond acceptors (Lipinski definition) is 2. The second-order valence-corrected chi connectivity index (χ2v) is 7.26. The maximum absolute atomic E-state index is 12.9. The molecular weight excluding hydrogens is 250 g/mol. The van der Waals surface area contributed by atoms with E-state index in [9.17, 15) is 9.90 Å². The predicted molar refractivity (Wildman–Crippen MR) is 79.2 cm³/mol. The molecule has 0 radical (unpaired) electrons. The number of amides is 1. The molecule has 3 aliphatic rings. The van der Waals surface area contributed by atoms with Crippen LogP contribution in [0.5, 0.6) is 0 Å². The van der Waals surface area contributed by atoms with Gasteiger partial charge >= 0.3 is 0 Å². The Morgan fingerprint density at radius 2 is 1.75 bits per heavy atom. The Kier molecular flexibility index (Phi) is 4.34. The molecular formula is C17H29NO2. The summed E-state index contributed by atoms with van der Waals surface area (Å²) in [4.78, 5) is 15.1. The number of carbonyl (C=O) groups excluding carboxylic acids is 1. The highest BCUT2D eigenvalue weighted by Crippen LogP contribution is 2.56. The van der Waals surface area contributed by atoms with E-state index in [1.165, 1.54) is 38.5 Å². The van der Waals surface area contributed by atoms with E-state index >= 15 is 0 Å². The lowest BCUT2D eigenvalue weighted by Crippen LogP contribution is -2.42. The van der Waals surface area contributed by atoms with Crippen molar-refractivity contribution in [1.82, 2.24) is 4.90 Å². The normalized spacial score (nSPS) is 38.8. The summed E-state index contributed by atoms with van der Waals surface area (Å²) in [5, 5.41) is 9.72. The Bertz CT molecular complexity index is 343. The van der Waals surface area contributed by atoms with Gasteiger partial charge in [0.2, 0.25) is 5.91 Å². The molecule has 1 heterocycles. The van der Waals surface area contributed by atoms with Crippen molar-refractivity contribution in [3.8, 4) is 0 Å². The molecule has 2 saturated carbocycles. The number of nitrogens with zero attached hydrogens (tertiary/aromatic N) is 1. The number of aliphatic hydroxyl groups is 1.